The molecule has 4 rings (SSSR count). The lowest BCUT2D eigenvalue weighted by molar-refractivity contribution is 0.0699. The number of ether oxygens (including phenoxy) is 1. The minimum absolute atomic E-state index is 0.448. The molecule has 11 heteroatoms. The molecule has 1 fully saturated rings. The molecule has 0 radical (unpaired) electrons. The van der Waals surface area contributed by atoms with E-state index in [0.717, 1.165) is 42.3 Å². The molecule has 0 bridgehead atoms. The van der Waals surface area contributed by atoms with E-state index in [1.807, 2.05) is 0 Å². The Hall–Kier alpha value is -2.76. The van der Waals surface area contributed by atoms with Gasteiger partial charge >= 0.3 is 10.2 Å². The van der Waals surface area contributed by atoms with Crippen molar-refractivity contribution in [2.45, 2.75) is 12.8 Å². The first kappa shape index (κ1) is 20.5. The van der Waals surface area contributed by atoms with Gasteiger partial charge in [0.25, 0.3) is 0 Å². The van der Waals surface area contributed by atoms with Crippen molar-refractivity contribution < 1.29 is 13.2 Å². The largest absolute Gasteiger partial charge is 0.381 e. The van der Waals surface area contributed by atoms with Gasteiger partial charge in [-0.15, -0.1) is 0 Å². The summed E-state index contributed by atoms with van der Waals surface area (Å²) in [5, 5.41) is 4.19. The molecule has 3 aromatic rings. The molecule has 0 saturated carbocycles. The molecule has 0 amide bonds. The van der Waals surface area contributed by atoms with Crippen LogP contribution in [0.15, 0.2) is 36.9 Å². The predicted molar refractivity (Wildman–Crippen MR) is 115 cm³/mol. The van der Waals surface area contributed by atoms with E-state index in [-0.39, 0.29) is 0 Å². The second kappa shape index (κ2) is 8.54. The fourth-order valence-electron chi connectivity index (χ4n) is 3.24. The summed E-state index contributed by atoms with van der Waals surface area (Å²) in [5.41, 5.74) is 1.15. The molecule has 2 aromatic heterocycles. The van der Waals surface area contributed by atoms with E-state index >= 15 is 0 Å². The number of aromatic nitrogens is 4. The Kier molecular flexibility index (Phi) is 5.84. The number of anilines is 2. The lowest BCUT2D eigenvalue weighted by Crippen LogP contribution is -2.28. The third kappa shape index (κ3) is 4.53. The van der Waals surface area contributed by atoms with Gasteiger partial charge < -0.3 is 10.1 Å². The number of nitrogens with one attached hydrogen (secondary N) is 2. The highest BCUT2D eigenvalue weighted by molar-refractivity contribution is 7.90. The van der Waals surface area contributed by atoms with Gasteiger partial charge in [0.15, 0.2) is 0 Å². The second-order valence-corrected chi connectivity index (χ2v) is 9.28. The van der Waals surface area contributed by atoms with Crippen LogP contribution in [0.3, 0.4) is 0 Å². The molecule has 1 saturated heterocycles. The Morgan fingerprint density at radius 1 is 1.23 bits per heavy atom. The summed E-state index contributed by atoms with van der Waals surface area (Å²) in [6.45, 7) is 2.30. The highest BCUT2D eigenvalue weighted by atomic mass is 32.2. The number of fused-ring (bicyclic) bond motifs is 1. The maximum Gasteiger partial charge on any atom is 0.301 e. The molecule has 2 N–H and O–H groups in total. The number of nitrogens with zero attached hydrogens (tertiary/aromatic N) is 5. The van der Waals surface area contributed by atoms with Crippen LogP contribution in [0.2, 0.25) is 0 Å². The molecular weight excluding hydrogens is 406 g/mol. The Labute approximate surface area is 175 Å². The van der Waals surface area contributed by atoms with Crippen molar-refractivity contribution in [1.29, 1.82) is 0 Å². The third-order valence-corrected chi connectivity index (χ3v) is 6.50. The highest BCUT2D eigenvalue weighted by Crippen LogP contribution is 2.27. The van der Waals surface area contributed by atoms with E-state index in [2.05, 4.69) is 25.0 Å². The third-order valence-electron chi connectivity index (χ3n) is 5.05. The maximum absolute atomic E-state index is 12.2. The Bertz CT molecular complexity index is 1110. The lowest BCUT2D eigenvalue weighted by Gasteiger charge is -2.23. The topological polar surface area (TPSA) is 114 Å². The van der Waals surface area contributed by atoms with Crippen LogP contribution in [-0.4, -0.2) is 66.1 Å². The van der Waals surface area contributed by atoms with Crippen LogP contribution in [0.25, 0.3) is 16.9 Å². The number of hydrogen-bond donors (Lipinski definition) is 2. The molecule has 160 valence electrons. The molecule has 0 spiro atoms. The van der Waals surface area contributed by atoms with Gasteiger partial charge in [-0.3, -0.25) is 9.29 Å². The molecule has 10 nitrogen and oxygen atoms in total. The molecular formula is C19H25N7O3S. The van der Waals surface area contributed by atoms with E-state index in [0.29, 0.717) is 28.9 Å². The zero-order chi connectivity index (χ0) is 21.1. The van der Waals surface area contributed by atoms with Crippen molar-refractivity contribution >= 4 is 32.6 Å². The Morgan fingerprint density at radius 3 is 2.73 bits per heavy atom. The van der Waals surface area contributed by atoms with Crippen LogP contribution in [0, 0.1) is 5.92 Å². The van der Waals surface area contributed by atoms with E-state index in [4.69, 9.17) is 4.74 Å². The van der Waals surface area contributed by atoms with Gasteiger partial charge in [0.05, 0.1) is 11.2 Å². The van der Waals surface area contributed by atoms with E-state index < -0.39 is 10.2 Å². The van der Waals surface area contributed by atoms with Crippen LogP contribution in [0.1, 0.15) is 12.8 Å². The first-order chi connectivity index (χ1) is 14.4. The summed E-state index contributed by atoms with van der Waals surface area (Å²) in [7, 11) is -0.656. The molecule has 30 heavy (non-hydrogen) atoms. The van der Waals surface area contributed by atoms with Crippen molar-refractivity contribution in [3.8, 4) is 5.95 Å². The van der Waals surface area contributed by atoms with Crippen LogP contribution in [0.5, 0.6) is 0 Å². The summed E-state index contributed by atoms with van der Waals surface area (Å²) >= 11 is 0. The average molecular weight is 432 g/mol. The van der Waals surface area contributed by atoms with Crippen molar-refractivity contribution in [3.63, 3.8) is 0 Å². The number of benzene rings is 1. The van der Waals surface area contributed by atoms with E-state index in [9.17, 15) is 8.42 Å². The standard InChI is InChI=1S/C19H25N7O3S/c1-25(2)30(27,28)24-15-3-4-17-16(11-15)18(21-12-14-5-9-29-10-6-14)23-19(22-17)26-8-7-20-13-26/h3-4,7-8,11,13-14,24H,5-6,9-10,12H2,1-2H3,(H,21,22,23). The first-order valence-corrected chi connectivity index (χ1v) is 11.2. The molecule has 0 unspecified atom stereocenters. The number of rotatable bonds is 7. The van der Waals surface area contributed by atoms with Gasteiger partial charge in [0.2, 0.25) is 5.95 Å². The minimum Gasteiger partial charge on any atom is -0.381 e. The molecule has 1 aliphatic heterocycles. The normalized spacial score (nSPS) is 15.6. The van der Waals surface area contributed by atoms with Crippen LogP contribution >= 0.6 is 0 Å². The van der Waals surface area contributed by atoms with Crippen molar-refractivity contribution in [3.05, 3.63) is 36.9 Å². The quantitative estimate of drug-likeness (QED) is 0.587. The Morgan fingerprint density at radius 2 is 2.03 bits per heavy atom. The predicted octanol–water partition coefficient (Wildman–Crippen LogP) is 1.87. The van der Waals surface area contributed by atoms with Crippen molar-refractivity contribution in [2.24, 2.45) is 5.92 Å². The maximum atomic E-state index is 12.2. The zero-order valence-electron chi connectivity index (χ0n) is 16.9. The molecule has 1 aromatic carbocycles. The highest BCUT2D eigenvalue weighted by Gasteiger charge is 2.17. The van der Waals surface area contributed by atoms with Crippen LogP contribution in [0.4, 0.5) is 11.5 Å². The van der Waals surface area contributed by atoms with Gasteiger partial charge in [0.1, 0.15) is 12.1 Å². The van der Waals surface area contributed by atoms with E-state index in [1.54, 1.807) is 41.5 Å². The minimum atomic E-state index is -3.61. The average Bonchev–Trinajstić information content (AvgIpc) is 3.27. The SMILES string of the molecule is CN(C)S(=O)(=O)Nc1ccc2nc(-n3ccnc3)nc(NCC3CCOCC3)c2c1. The summed E-state index contributed by atoms with van der Waals surface area (Å²) < 4.78 is 35.3. The lowest BCUT2D eigenvalue weighted by atomic mass is 10.0. The van der Waals surface area contributed by atoms with Crippen molar-refractivity contribution in [2.75, 3.05) is 43.9 Å². The molecule has 0 atom stereocenters. The smallest absolute Gasteiger partial charge is 0.301 e. The van der Waals surface area contributed by atoms with Gasteiger partial charge in [-0.2, -0.15) is 17.7 Å². The summed E-state index contributed by atoms with van der Waals surface area (Å²) in [6.07, 6.45) is 7.09. The molecule has 1 aliphatic rings. The monoisotopic (exact) mass is 431 g/mol. The number of imidazole rings is 1. The second-order valence-electron chi connectivity index (χ2n) is 7.40. The van der Waals surface area contributed by atoms with Gasteiger partial charge in [-0.05, 0) is 37.0 Å². The molecule has 3 heterocycles. The van der Waals surface area contributed by atoms with Gasteiger partial charge in [-0.25, -0.2) is 9.97 Å². The fraction of sp³-hybridized carbons (Fsp3) is 0.421. The summed E-state index contributed by atoms with van der Waals surface area (Å²) in [4.78, 5) is 13.4. The fourth-order valence-corrected chi connectivity index (χ4v) is 3.85. The summed E-state index contributed by atoms with van der Waals surface area (Å²) in [6, 6.07) is 5.22. The first-order valence-electron chi connectivity index (χ1n) is 9.74. The van der Waals surface area contributed by atoms with Gasteiger partial charge in [-0.1, -0.05) is 0 Å². The molecule has 0 aliphatic carbocycles. The van der Waals surface area contributed by atoms with Crippen LogP contribution in [-0.2, 0) is 14.9 Å². The van der Waals surface area contributed by atoms with Gasteiger partial charge in [0, 0.05) is 51.6 Å². The Balaban J connectivity index is 1.70. The van der Waals surface area contributed by atoms with Crippen molar-refractivity contribution in [1.82, 2.24) is 23.8 Å². The van der Waals surface area contributed by atoms with Crippen LogP contribution < -0.4 is 10.0 Å². The number of hydrogen-bond acceptors (Lipinski definition) is 7. The van der Waals surface area contributed by atoms with E-state index in [1.165, 1.54) is 14.1 Å². The zero-order valence-corrected chi connectivity index (χ0v) is 17.8. The summed E-state index contributed by atoms with van der Waals surface area (Å²) in [5.74, 6) is 1.65.